The lowest BCUT2D eigenvalue weighted by atomic mass is 10.0. The molecule has 0 atom stereocenters. The molecule has 160 valence electrons. The van der Waals surface area contributed by atoms with E-state index in [0.29, 0.717) is 31.6 Å². The number of carbonyl (C=O) groups is 2. The number of carbonyl (C=O) groups excluding carboxylic acids is 2. The predicted octanol–water partition coefficient (Wildman–Crippen LogP) is 6.34. The van der Waals surface area contributed by atoms with Crippen LogP contribution in [0.3, 0.4) is 0 Å². The van der Waals surface area contributed by atoms with Gasteiger partial charge in [0.1, 0.15) is 11.6 Å². The maximum absolute atomic E-state index is 11.9. The summed E-state index contributed by atoms with van der Waals surface area (Å²) in [5.74, 6) is 0.660. The lowest BCUT2D eigenvalue weighted by Crippen LogP contribution is -2.22. The second-order valence-corrected chi connectivity index (χ2v) is 7.56. The zero-order chi connectivity index (χ0) is 21.0. The minimum absolute atomic E-state index is 0.286. The van der Waals surface area contributed by atoms with Crippen molar-refractivity contribution in [2.45, 2.75) is 84.1 Å². The summed E-state index contributed by atoms with van der Waals surface area (Å²) >= 11 is 0. The highest BCUT2D eigenvalue weighted by atomic mass is 16.1. The number of allylic oxidation sites excluding steroid dienone is 4. The molecule has 0 unspecified atom stereocenters. The highest BCUT2D eigenvalue weighted by molar-refractivity contribution is 5.80. The predicted molar refractivity (Wildman–Crippen MR) is 123 cm³/mol. The van der Waals surface area contributed by atoms with Gasteiger partial charge in [0.2, 0.25) is 0 Å². The van der Waals surface area contributed by atoms with Crippen molar-refractivity contribution in [1.82, 2.24) is 5.32 Å². The third kappa shape index (κ3) is 15.6. The zero-order valence-electron chi connectivity index (χ0n) is 18.2. The van der Waals surface area contributed by atoms with Crippen LogP contribution >= 0.6 is 0 Å². The summed E-state index contributed by atoms with van der Waals surface area (Å²) in [6.07, 6.45) is 18.7. The van der Waals surface area contributed by atoms with Gasteiger partial charge in [0.25, 0.3) is 0 Å². The molecule has 0 amide bonds. The van der Waals surface area contributed by atoms with Gasteiger partial charge in [-0.3, -0.25) is 9.59 Å². The number of Topliss-reactive ketones (excluding diaryl/α,β-unsaturated/α-hetero) is 2. The summed E-state index contributed by atoms with van der Waals surface area (Å²) in [7, 11) is 0. The van der Waals surface area contributed by atoms with Gasteiger partial charge in [-0.05, 0) is 37.7 Å². The molecular weight excluding hydrogens is 358 g/mol. The molecule has 3 nitrogen and oxygen atoms in total. The van der Waals surface area contributed by atoms with E-state index in [0.717, 1.165) is 57.9 Å². The van der Waals surface area contributed by atoms with Crippen LogP contribution in [0.1, 0.15) is 83.1 Å². The number of hydrogen-bond donors (Lipinski definition) is 1. The summed E-state index contributed by atoms with van der Waals surface area (Å²) in [5.41, 5.74) is 1.20. The molecule has 1 rings (SSSR count). The van der Waals surface area contributed by atoms with Crippen molar-refractivity contribution in [3.63, 3.8) is 0 Å². The zero-order valence-corrected chi connectivity index (χ0v) is 18.2. The SMILES string of the molecule is CC/C=C\C/C=C\CCC(=O)CCCCCCCC(=O)CNCc1ccccc1. The minimum Gasteiger partial charge on any atom is -0.306 e. The van der Waals surface area contributed by atoms with E-state index < -0.39 is 0 Å². The molecule has 0 aliphatic carbocycles. The standard InChI is InChI=1S/C26H39NO2/c1-2-3-4-5-6-8-14-19-25(28)20-15-9-7-10-16-21-26(29)23-27-22-24-17-12-11-13-18-24/h3-4,6,8,11-13,17-18,27H,2,5,7,9-10,14-16,19-23H2,1H3/b4-3-,8-6-. The molecule has 0 aliphatic heterocycles. The largest absolute Gasteiger partial charge is 0.306 e. The number of rotatable bonds is 18. The number of ketones is 2. The number of benzene rings is 1. The fourth-order valence-corrected chi connectivity index (χ4v) is 3.13. The maximum atomic E-state index is 11.9. The van der Waals surface area contributed by atoms with E-state index >= 15 is 0 Å². The van der Waals surface area contributed by atoms with Gasteiger partial charge < -0.3 is 5.32 Å². The van der Waals surface area contributed by atoms with Crippen LogP contribution in [0.15, 0.2) is 54.6 Å². The summed E-state index contributed by atoms with van der Waals surface area (Å²) in [6.45, 7) is 3.32. The maximum Gasteiger partial charge on any atom is 0.146 e. The molecule has 3 heteroatoms. The van der Waals surface area contributed by atoms with Crippen molar-refractivity contribution in [1.29, 1.82) is 0 Å². The van der Waals surface area contributed by atoms with Gasteiger partial charge in [0.15, 0.2) is 0 Å². The fourth-order valence-electron chi connectivity index (χ4n) is 3.13. The van der Waals surface area contributed by atoms with Crippen LogP contribution in [0.4, 0.5) is 0 Å². The van der Waals surface area contributed by atoms with Gasteiger partial charge in [0, 0.05) is 25.8 Å². The van der Waals surface area contributed by atoms with Crippen LogP contribution in [0, 0.1) is 0 Å². The summed E-state index contributed by atoms with van der Waals surface area (Å²) in [4.78, 5) is 23.8. The normalized spacial score (nSPS) is 11.5. The molecule has 0 fully saturated rings. The number of nitrogens with one attached hydrogen (secondary N) is 1. The quantitative estimate of drug-likeness (QED) is 0.232. The van der Waals surface area contributed by atoms with E-state index in [9.17, 15) is 9.59 Å². The van der Waals surface area contributed by atoms with Crippen molar-refractivity contribution >= 4 is 11.6 Å². The Labute approximate surface area is 177 Å². The second kappa shape index (κ2) is 18.1. The molecule has 0 heterocycles. The smallest absolute Gasteiger partial charge is 0.146 e. The van der Waals surface area contributed by atoms with Crippen LogP contribution in [0.25, 0.3) is 0 Å². The molecule has 1 aromatic rings. The number of hydrogen-bond acceptors (Lipinski definition) is 3. The molecule has 0 bridgehead atoms. The molecule has 1 N–H and O–H groups in total. The Balaban J connectivity index is 1.89. The topological polar surface area (TPSA) is 46.2 Å². The van der Waals surface area contributed by atoms with Crippen molar-refractivity contribution in [2.75, 3.05) is 6.54 Å². The monoisotopic (exact) mass is 397 g/mol. The highest BCUT2D eigenvalue weighted by Gasteiger charge is 2.03. The molecule has 0 spiro atoms. The van der Waals surface area contributed by atoms with Crippen molar-refractivity contribution < 1.29 is 9.59 Å². The first kappa shape index (κ1) is 25.0. The van der Waals surface area contributed by atoms with Gasteiger partial charge in [-0.2, -0.15) is 0 Å². The highest BCUT2D eigenvalue weighted by Crippen LogP contribution is 2.09. The van der Waals surface area contributed by atoms with Crippen LogP contribution in [0.2, 0.25) is 0 Å². The second-order valence-electron chi connectivity index (χ2n) is 7.56. The minimum atomic E-state index is 0.286. The third-order valence-corrected chi connectivity index (χ3v) is 4.84. The molecule has 0 saturated heterocycles. The van der Waals surface area contributed by atoms with Crippen molar-refractivity contribution in [3.8, 4) is 0 Å². The van der Waals surface area contributed by atoms with Gasteiger partial charge >= 0.3 is 0 Å². The van der Waals surface area contributed by atoms with E-state index in [1.807, 2.05) is 18.2 Å². The Kier molecular flexibility index (Phi) is 15.6. The molecule has 0 saturated carbocycles. The molecule has 0 radical (unpaired) electrons. The van der Waals surface area contributed by atoms with E-state index in [1.165, 1.54) is 5.56 Å². The summed E-state index contributed by atoms with van der Waals surface area (Å²) in [5, 5.41) is 3.21. The van der Waals surface area contributed by atoms with E-state index in [2.05, 4.69) is 48.7 Å². The summed E-state index contributed by atoms with van der Waals surface area (Å²) in [6, 6.07) is 10.1. The molecule has 1 aromatic carbocycles. The average Bonchev–Trinajstić information content (AvgIpc) is 2.73. The van der Waals surface area contributed by atoms with Crippen LogP contribution in [-0.4, -0.2) is 18.1 Å². The van der Waals surface area contributed by atoms with Crippen molar-refractivity contribution in [2.24, 2.45) is 0 Å². The Morgan fingerprint density at radius 3 is 2.17 bits per heavy atom. The van der Waals surface area contributed by atoms with Crippen LogP contribution in [0.5, 0.6) is 0 Å². The van der Waals surface area contributed by atoms with Crippen molar-refractivity contribution in [3.05, 3.63) is 60.2 Å². The first-order valence-corrected chi connectivity index (χ1v) is 11.3. The van der Waals surface area contributed by atoms with Gasteiger partial charge in [0.05, 0.1) is 6.54 Å². The molecule has 0 aliphatic rings. The first-order valence-electron chi connectivity index (χ1n) is 11.3. The van der Waals surface area contributed by atoms with E-state index in [-0.39, 0.29) is 5.78 Å². The Morgan fingerprint density at radius 2 is 1.45 bits per heavy atom. The Morgan fingerprint density at radius 1 is 0.793 bits per heavy atom. The van der Waals surface area contributed by atoms with Crippen LogP contribution in [-0.2, 0) is 16.1 Å². The molecular formula is C26H39NO2. The fraction of sp³-hybridized carbons (Fsp3) is 0.538. The molecule has 29 heavy (non-hydrogen) atoms. The Bertz CT molecular complexity index is 604. The van der Waals surface area contributed by atoms with Gasteiger partial charge in [-0.15, -0.1) is 0 Å². The van der Waals surface area contributed by atoms with Crippen LogP contribution < -0.4 is 5.32 Å². The first-order chi connectivity index (χ1) is 14.2. The number of unbranched alkanes of at least 4 members (excludes halogenated alkanes) is 4. The van der Waals surface area contributed by atoms with Gasteiger partial charge in [-0.25, -0.2) is 0 Å². The van der Waals surface area contributed by atoms with Gasteiger partial charge in [-0.1, -0.05) is 80.8 Å². The van der Waals surface area contributed by atoms with E-state index in [4.69, 9.17) is 0 Å². The van der Waals surface area contributed by atoms with E-state index in [1.54, 1.807) is 0 Å². The molecule has 0 aromatic heterocycles. The Hall–Kier alpha value is -2.00. The third-order valence-electron chi connectivity index (χ3n) is 4.84. The lowest BCUT2D eigenvalue weighted by molar-refractivity contribution is -0.119. The lowest BCUT2D eigenvalue weighted by Gasteiger charge is -2.05. The summed E-state index contributed by atoms with van der Waals surface area (Å²) < 4.78 is 0. The average molecular weight is 398 g/mol.